The van der Waals surface area contributed by atoms with Crippen molar-refractivity contribution in [2.24, 2.45) is 0 Å². The summed E-state index contributed by atoms with van der Waals surface area (Å²) in [5.74, 6) is 0.440. The highest BCUT2D eigenvalue weighted by Gasteiger charge is 2.31. The fourth-order valence-electron chi connectivity index (χ4n) is 2.88. The maximum Gasteiger partial charge on any atom is 0.123 e. The molecule has 1 fully saturated rings. The molecule has 0 amide bonds. The van der Waals surface area contributed by atoms with E-state index in [9.17, 15) is 4.39 Å². The molecule has 0 spiro atoms. The molecule has 0 saturated heterocycles. The Kier molecular flexibility index (Phi) is 3.90. The van der Waals surface area contributed by atoms with Crippen molar-refractivity contribution in [2.45, 2.75) is 44.7 Å². The van der Waals surface area contributed by atoms with Gasteiger partial charge in [0.1, 0.15) is 5.82 Å². The Morgan fingerprint density at radius 3 is 2.45 bits per heavy atom. The molecule has 20 heavy (non-hydrogen) atoms. The minimum atomic E-state index is -0.149. The molecule has 106 valence electrons. The van der Waals surface area contributed by atoms with E-state index in [-0.39, 0.29) is 5.82 Å². The van der Waals surface area contributed by atoms with Gasteiger partial charge in [0.25, 0.3) is 0 Å². The summed E-state index contributed by atoms with van der Waals surface area (Å²) in [6.07, 6.45) is 2.31. The van der Waals surface area contributed by atoms with Gasteiger partial charge in [0, 0.05) is 21.8 Å². The van der Waals surface area contributed by atoms with Crippen molar-refractivity contribution in [1.82, 2.24) is 5.32 Å². The van der Waals surface area contributed by atoms with Crippen LogP contribution in [-0.2, 0) is 0 Å². The topological polar surface area (TPSA) is 12.0 Å². The summed E-state index contributed by atoms with van der Waals surface area (Å²) in [5.41, 5.74) is 1.27. The Balaban J connectivity index is 1.52. The first kappa shape index (κ1) is 13.8. The van der Waals surface area contributed by atoms with E-state index in [0.29, 0.717) is 18.0 Å². The van der Waals surface area contributed by atoms with Crippen LogP contribution in [0.15, 0.2) is 36.4 Å². The van der Waals surface area contributed by atoms with Crippen LogP contribution in [0, 0.1) is 12.7 Å². The number of nitrogens with one attached hydrogen (secondary N) is 1. The summed E-state index contributed by atoms with van der Waals surface area (Å²) in [7, 11) is 0. The van der Waals surface area contributed by atoms with Crippen LogP contribution in [0.25, 0.3) is 0 Å². The first-order chi connectivity index (χ1) is 9.61. The third kappa shape index (κ3) is 2.94. The van der Waals surface area contributed by atoms with Crippen LogP contribution in [0.2, 0.25) is 0 Å². The number of thiophene rings is 1. The van der Waals surface area contributed by atoms with Gasteiger partial charge in [0.05, 0.1) is 0 Å². The summed E-state index contributed by atoms with van der Waals surface area (Å²) < 4.78 is 12.9. The normalized spacial score (nSPS) is 23.4. The number of hydrogen-bond donors (Lipinski definition) is 1. The summed E-state index contributed by atoms with van der Waals surface area (Å²) in [4.78, 5) is 2.78. The fraction of sp³-hybridized carbons (Fsp3) is 0.412. The Hall–Kier alpha value is -1.19. The first-order valence-corrected chi connectivity index (χ1v) is 8.01. The van der Waals surface area contributed by atoms with Crippen molar-refractivity contribution in [3.05, 3.63) is 57.5 Å². The van der Waals surface area contributed by atoms with Crippen molar-refractivity contribution in [3.63, 3.8) is 0 Å². The maximum atomic E-state index is 12.9. The standard InChI is InChI=1S/C17H20FNS/c1-11-3-8-17(20-11)12(2)19-16-9-14(10-16)13-4-6-15(18)7-5-13/h3-8,12,14,16,19H,9-10H2,1-2H3. The van der Waals surface area contributed by atoms with Gasteiger partial charge in [-0.2, -0.15) is 0 Å². The molecule has 0 bridgehead atoms. The van der Waals surface area contributed by atoms with Gasteiger partial charge in [0.15, 0.2) is 0 Å². The van der Waals surface area contributed by atoms with Gasteiger partial charge in [-0.3, -0.25) is 0 Å². The Bertz CT molecular complexity index is 569. The lowest BCUT2D eigenvalue weighted by atomic mass is 9.75. The van der Waals surface area contributed by atoms with E-state index in [4.69, 9.17) is 0 Å². The van der Waals surface area contributed by atoms with Gasteiger partial charge in [-0.05, 0) is 62.4 Å². The number of aryl methyl sites for hydroxylation is 1. The van der Waals surface area contributed by atoms with Gasteiger partial charge in [-0.1, -0.05) is 12.1 Å². The van der Waals surface area contributed by atoms with E-state index in [0.717, 1.165) is 12.8 Å². The van der Waals surface area contributed by atoms with Crippen molar-refractivity contribution in [2.75, 3.05) is 0 Å². The molecule has 0 aliphatic heterocycles. The zero-order valence-electron chi connectivity index (χ0n) is 11.9. The molecular formula is C17H20FNS. The molecule has 1 aromatic heterocycles. The van der Waals surface area contributed by atoms with E-state index < -0.39 is 0 Å². The van der Waals surface area contributed by atoms with E-state index in [2.05, 4.69) is 31.3 Å². The van der Waals surface area contributed by atoms with Crippen molar-refractivity contribution < 1.29 is 4.39 Å². The minimum Gasteiger partial charge on any atom is -0.307 e. The highest BCUT2D eigenvalue weighted by molar-refractivity contribution is 7.12. The number of halogens is 1. The van der Waals surface area contributed by atoms with Gasteiger partial charge < -0.3 is 5.32 Å². The van der Waals surface area contributed by atoms with Crippen LogP contribution < -0.4 is 5.32 Å². The molecule has 1 heterocycles. The number of hydrogen-bond acceptors (Lipinski definition) is 2. The van der Waals surface area contributed by atoms with E-state index >= 15 is 0 Å². The summed E-state index contributed by atoms with van der Waals surface area (Å²) in [6, 6.07) is 12.4. The molecular weight excluding hydrogens is 269 g/mol. The van der Waals surface area contributed by atoms with Crippen LogP contribution in [-0.4, -0.2) is 6.04 Å². The lowest BCUT2D eigenvalue weighted by molar-refractivity contribution is 0.272. The van der Waals surface area contributed by atoms with E-state index in [1.165, 1.54) is 15.3 Å². The van der Waals surface area contributed by atoms with E-state index in [1.54, 1.807) is 12.1 Å². The second kappa shape index (κ2) is 5.66. The molecule has 3 rings (SSSR count). The van der Waals surface area contributed by atoms with E-state index in [1.807, 2.05) is 23.5 Å². The Labute approximate surface area is 123 Å². The molecule has 1 aliphatic carbocycles. The predicted molar refractivity (Wildman–Crippen MR) is 82.8 cm³/mol. The average molecular weight is 289 g/mol. The summed E-state index contributed by atoms with van der Waals surface area (Å²) in [5, 5.41) is 3.69. The third-order valence-corrected chi connectivity index (χ3v) is 5.34. The largest absolute Gasteiger partial charge is 0.307 e. The van der Waals surface area contributed by atoms with Gasteiger partial charge in [-0.25, -0.2) is 4.39 Å². The second-order valence-electron chi connectivity index (χ2n) is 5.75. The van der Waals surface area contributed by atoms with Gasteiger partial charge in [-0.15, -0.1) is 11.3 Å². The molecule has 1 aromatic carbocycles. The Morgan fingerprint density at radius 2 is 1.85 bits per heavy atom. The molecule has 2 aromatic rings. The second-order valence-corrected chi connectivity index (χ2v) is 7.07. The van der Waals surface area contributed by atoms with Gasteiger partial charge >= 0.3 is 0 Å². The van der Waals surface area contributed by atoms with Crippen molar-refractivity contribution in [1.29, 1.82) is 0 Å². The summed E-state index contributed by atoms with van der Waals surface area (Å²) in [6.45, 7) is 4.38. The van der Waals surface area contributed by atoms with Gasteiger partial charge in [0.2, 0.25) is 0 Å². The average Bonchev–Trinajstić information content (AvgIpc) is 2.81. The van der Waals surface area contributed by atoms with Crippen molar-refractivity contribution >= 4 is 11.3 Å². The molecule has 0 radical (unpaired) electrons. The summed E-state index contributed by atoms with van der Waals surface area (Å²) >= 11 is 1.87. The van der Waals surface area contributed by atoms with Crippen LogP contribution in [0.5, 0.6) is 0 Å². The molecule has 1 aliphatic rings. The number of rotatable bonds is 4. The molecule has 3 heteroatoms. The third-order valence-electron chi connectivity index (χ3n) is 4.15. The maximum absolute atomic E-state index is 12.9. The smallest absolute Gasteiger partial charge is 0.123 e. The molecule has 1 atom stereocenters. The Morgan fingerprint density at radius 1 is 1.15 bits per heavy atom. The highest BCUT2D eigenvalue weighted by atomic mass is 32.1. The van der Waals surface area contributed by atoms with Crippen molar-refractivity contribution in [3.8, 4) is 0 Å². The van der Waals surface area contributed by atoms with Crippen LogP contribution >= 0.6 is 11.3 Å². The monoisotopic (exact) mass is 289 g/mol. The molecule has 1 saturated carbocycles. The fourth-order valence-corrected chi connectivity index (χ4v) is 3.77. The zero-order valence-corrected chi connectivity index (χ0v) is 12.7. The van der Waals surface area contributed by atoms with Crippen LogP contribution in [0.1, 0.15) is 47.0 Å². The highest BCUT2D eigenvalue weighted by Crippen LogP contribution is 2.38. The lowest BCUT2D eigenvalue weighted by Gasteiger charge is -2.38. The SMILES string of the molecule is Cc1ccc(C(C)NC2CC(c3ccc(F)cc3)C2)s1. The quantitative estimate of drug-likeness (QED) is 0.853. The number of benzene rings is 1. The van der Waals surface area contributed by atoms with Crippen LogP contribution in [0.3, 0.4) is 0 Å². The van der Waals surface area contributed by atoms with Crippen LogP contribution in [0.4, 0.5) is 4.39 Å². The molecule has 1 N–H and O–H groups in total. The molecule has 1 nitrogen and oxygen atoms in total. The minimum absolute atomic E-state index is 0.149. The lowest BCUT2D eigenvalue weighted by Crippen LogP contribution is -2.41. The predicted octanol–water partition coefficient (Wildman–Crippen LogP) is 4.79. The zero-order chi connectivity index (χ0) is 14.1. The molecule has 1 unspecified atom stereocenters. The first-order valence-electron chi connectivity index (χ1n) is 7.19.